The fourth-order valence-electron chi connectivity index (χ4n) is 2.13. The number of carbonyl (C=O) groups is 2. The van der Waals surface area contributed by atoms with Crippen molar-refractivity contribution < 1.29 is 23.1 Å². The maximum absolute atomic E-state index is 12.3. The molecule has 0 bridgehead atoms. The molecule has 1 amide bonds. The second-order valence-electron chi connectivity index (χ2n) is 5.07. The van der Waals surface area contributed by atoms with Crippen LogP contribution in [0.1, 0.15) is 32.6 Å². The van der Waals surface area contributed by atoms with E-state index in [0.29, 0.717) is 32.4 Å². The van der Waals surface area contributed by atoms with Crippen LogP contribution in [0.2, 0.25) is 0 Å². The van der Waals surface area contributed by atoms with Crippen LogP contribution in [0.15, 0.2) is 0 Å². The molecule has 0 aromatic carbocycles. The van der Waals surface area contributed by atoms with Crippen molar-refractivity contribution in [1.29, 1.82) is 0 Å². The van der Waals surface area contributed by atoms with Crippen LogP contribution in [0.25, 0.3) is 0 Å². The molecular formula is C12H23N3O5S. The minimum absolute atomic E-state index is 0.00762. The lowest BCUT2D eigenvalue weighted by molar-refractivity contribution is -0.137. The van der Waals surface area contributed by atoms with E-state index in [2.05, 4.69) is 5.32 Å². The molecule has 1 saturated heterocycles. The van der Waals surface area contributed by atoms with Crippen molar-refractivity contribution >= 4 is 22.1 Å². The first kappa shape index (κ1) is 17.9. The van der Waals surface area contributed by atoms with Crippen LogP contribution < -0.4 is 5.32 Å². The van der Waals surface area contributed by atoms with E-state index >= 15 is 0 Å². The second kappa shape index (κ2) is 7.71. The summed E-state index contributed by atoms with van der Waals surface area (Å²) in [6.07, 6.45) is 1.32. The zero-order valence-electron chi connectivity index (χ0n) is 12.4. The molecule has 1 aliphatic rings. The van der Waals surface area contributed by atoms with Crippen LogP contribution in [0.4, 0.5) is 0 Å². The smallest absolute Gasteiger partial charge is 0.304 e. The molecule has 0 atom stereocenters. The summed E-state index contributed by atoms with van der Waals surface area (Å²) < 4.78 is 26.9. The molecule has 2 N–H and O–H groups in total. The minimum atomic E-state index is -3.62. The summed E-state index contributed by atoms with van der Waals surface area (Å²) in [6.45, 7) is 2.37. The van der Waals surface area contributed by atoms with Gasteiger partial charge in [0, 0.05) is 39.1 Å². The lowest BCUT2D eigenvalue weighted by Gasteiger charge is -2.33. The number of aliphatic carboxylic acids is 1. The molecule has 0 aromatic heterocycles. The Balaban J connectivity index is 2.51. The summed E-state index contributed by atoms with van der Waals surface area (Å²) in [5, 5.41) is 11.5. The van der Waals surface area contributed by atoms with Gasteiger partial charge < -0.3 is 10.4 Å². The van der Waals surface area contributed by atoms with Gasteiger partial charge in [-0.1, -0.05) is 6.92 Å². The van der Waals surface area contributed by atoms with E-state index in [1.54, 1.807) is 6.92 Å². The minimum Gasteiger partial charge on any atom is -0.481 e. The molecule has 122 valence electrons. The standard InChI is InChI=1S/C12H23N3O5S/c1-3-11(16)13-10-4-8-15(9-5-10)21(19,20)14(2)7-6-12(17)18/h10H,3-9H2,1-2H3,(H,13,16)(H,17,18). The molecule has 1 heterocycles. The predicted octanol–water partition coefficient (Wildman–Crippen LogP) is -0.372. The number of carboxylic acid groups (broad SMARTS) is 1. The van der Waals surface area contributed by atoms with Crippen molar-refractivity contribution in [3.05, 3.63) is 0 Å². The van der Waals surface area contributed by atoms with Gasteiger partial charge in [0.25, 0.3) is 10.2 Å². The Morgan fingerprint density at radius 1 is 1.33 bits per heavy atom. The molecule has 1 fully saturated rings. The number of rotatable bonds is 7. The molecule has 8 nitrogen and oxygen atoms in total. The molecule has 0 spiro atoms. The highest BCUT2D eigenvalue weighted by molar-refractivity contribution is 7.86. The Kier molecular flexibility index (Phi) is 6.56. The van der Waals surface area contributed by atoms with Crippen LogP contribution in [0, 0.1) is 0 Å². The van der Waals surface area contributed by atoms with Gasteiger partial charge in [0.05, 0.1) is 6.42 Å². The molecule has 0 aromatic rings. The number of nitrogens with zero attached hydrogens (tertiary/aromatic N) is 2. The van der Waals surface area contributed by atoms with Crippen molar-refractivity contribution in [2.75, 3.05) is 26.7 Å². The van der Waals surface area contributed by atoms with Crippen LogP contribution in [0.5, 0.6) is 0 Å². The Hall–Kier alpha value is -1.19. The Morgan fingerprint density at radius 2 is 1.90 bits per heavy atom. The van der Waals surface area contributed by atoms with Crippen LogP contribution in [0.3, 0.4) is 0 Å². The SMILES string of the molecule is CCC(=O)NC1CCN(S(=O)(=O)N(C)CCC(=O)O)CC1. The van der Waals surface area contributed by atoms with E-state index in [1.165, 1.54) is 11.4 Å². The third-order valence-corrected chi connectivity index (χ3v) is 5.49. The Morgan fingerprint density at radius 3 is 2.38 bits per heavy atom. The Labute approximate surface area is 125 Å². The highest BCUT2D eigenvalue weighted by atomic mass is 32.2. The van der Waals surface area contributed by atoms with Crippen LogP contribution in [-0.2, 0) is 19.8 Å². The summed E-state index contributed by atoms with van der Waals surface area (Å²) in [6, 6.07) is 0.00762. The van der Waals surface area contributed by atoms with Gasteiger partial charge in [-0.05, 0) is 12.8 Å². The molecule has 0 unspecified atom stereocenters. The first-order chi connectivity index (χ1) is 9.77. The highest BCUT2D eigenvalue weighted by Crippen LogP contribution is 2.16. The van der Waals surface area contributed by atoms with Crippen molar-refractivity contribution in [2.24, 2.45) is 0 Å². The van der Waals surface area contributed by atoms with Gasteiger partial charge in [0.15, 0.2) is 0 Å². The van der Waals surface area contributed by atoms with Crippen molar-refractivity contribution in [3.63, 3.8) is 0 Å². The molecule has 9 heteroatoms. The molecular weight excluding hydrogens is 298 g/mol. The number of carbonyl (C=O) groups excluding carboxylic acids is 1. The fraction of sp³-hybridized carbons (Fsp3) is 0.833. The van der Waals surface area contributed by atoms with Gasteiger partial charge in [-0.3, -0.25) is 9.59 Å². The Bertz CT molecular complexity index is 471. The van der Waals surface area contributed by atoms with Gasteiger partial charge >= 0.3 is 5.97 Å². The molecule has 0 saturated carbocycles. The maximum Gasteiger partial charge on any atom is 0.304 e. The molecule has 21 heavy (non-hydrogen) atoms. The molecule has 0 radical (unpaired) electrons. The first-order valence-electron chi connectivity index (χ1n) is 7.00. The normalized spacial score (nSPS) is 17.9. The summed E-state index contributed by atoms with van der Waals surface area (Å²) in [5.41, 5.74) is 0. The third kappa shape index (κ3) is 5.25. The molecule has 1 aliphatic heterocycles. The van der Waals surface area contributed by atoms with Gasteiger partial charge in [-0.25, -0.2) is 0 Å². The first-order valence-corrected chi connectivity index (χ1v) is 8.39. The average Bonchev–Trinajstić information content (AvgIpc) is 2.44. The van der Waals surface area contributed by atoms with Gasteiger partial charge in [-0.2, -0.15) is 17.0 Å². The van der Waals surface area contributed by atoms with Gasteiger partial charge in [0.1, 0.15) is 0 Å². The van der Waals surface area contributed by atoms with Crippen LogP contribution in [-0.4, -0.2) is 66.7 Å². The van der Waals surface area contributed by atoms with Gasteiger partial charge in [0.2, 0.25) is 5.91 Å². The van der Waals surface area contributed by atoms with Crippen LogP contribution >= 0.6 is 0 Å². The largest absolute Gasteiger partial charge is 0.481 e. The monoisotopic (exact) mass is 321 g/mol. The number of carboxylic acids is 1. The lowest BCUT2D eigenvalue weighted by Crippen LogP contribution is -2.50. The fourth-order valence-corrected chi connectivity index (χ4v) is 3.51. The van der Waals surface area contributed by atoms with Gasteiger partial charge in [-0.15, -0.1) is 0 Å². The number of amides is 1. The lowest BCUT2D eigenvalue weighted by atomic mass is 10.1. The van der Waals surface area contributed by atoms with E-state index in [4.69, 9.17) is 5.11 Å². The summed E-state index contributed by atoms with van der Waals surface area (Å²) >= 11 is 0. The summed E-state index contributed by atoms with van der Waals surface area (Å²) in [7, 11) is -2.25. The predicted molar refractivity (Wildman–Crippen MR) is 76.8 cm³/mol. The molecule has 1 rings (SSSR count). The van der Waals surface area contributed by atoms with E-state index in [0.717, 1.165) is 4.31 Å². The summed E-state index contributed by atoms with van der Waals surface area (Å²) in [4.78, 5) is 21.8. The quantitative estimate of drug-likeness (QED) is 0.665. The van der Waals surface area contributed by atoms with E-state index in [1.807, 2.05) is 0 Å². The van der Waals surface area contributed by atoms with Crippen molar-refractivity contribution in [3.8, 4) is 0 Å². The summed E-state index contributed by atoms with van der Waals surface area (Å²) in [5.74, 6) is -1.06. The van der Waals surface area contributed by atoms with Crippen molar-refractivity contribution in [1.82, 2.24) is 13.9 Å². The topological polar surface area (TPSA) is 107 Å². The van der Waals surface area contributed by atoms with E-state index in [9.17, 15) is 18.0 Å². The highest BCUT2D eigenvalue weighted by Gasteiger charge is 2.31. The van der Waals surface area contributed by atoms with E-state index in [-0.39, 0.29) is 24.9 Å². The zero-order chi connectivity index (χ0) is 16.0. The number of hydrogen-bond acceptors (Lipinski definition) is 4. The second-order valence-corrected chi connectivity index (χ2v) is 7.10. The maximum atomic E-state index is 12.3. The number of nitrogens with one attached hydrogen (secondary N) is 1. The zero-order valence-corrected chi connectivity index (χ0v) is 13.2. The van der Waals surface area contributed by atoms with Crippen molar-refractivity contribution in [2.45, 2.75) is 38.6 Å². The number of hydrogen-bond donors (Lipinski definition) is 2. The average molecular weight is 321 g/mol. The third-order valence-electron chi connectivity index (χ3n) is 3.50. The number of piperidine rings is 1. The van der Waals surface area contributed by atoms with E-state index < -0.39 is 16.2 Å². The molecule has 0 aliphatic carbocycles.